The standard InChI is InChI=1S/C14H19BrO3/c1-3-4-5-8-18-10-13(16)11-6-7-14(17-2)12(15)9-11/h6-7,9H,3-5,8,10H2,1-2H3. The predicted octanol–water partition coefficient (Wildman–Crippen LogP) is 3.85. The number of benzene rings is 1. The van der Waals surface area contributed by atoms with Crippen LogP contribution in [0.15, 0.2) is 22.7 Å². The second kappa shape index (κ2) is 8.27. The summed E-state index contributed by atoms with van der Waals surface area (Å²) in [6.07, 6.45) is 3.31. The van der Waals surface area contributed by atoms with Gasteiger partial charge in [0.25, 0.3) is 0 Å². The van der Waals surface area contributed by atoms with Gasteiger partial charge in [-0.25, -0.2) is 0 Å². The first-order valence-corrected chi connectivity index (χ1v) is 6.92. The molecule has 0 amide bonds. The molecule has 1 rings (SSSR count). The zero-order chi connectivity index (χ0) is 13.4. The van der Waals surface area contributed by atoms with Gasteiger partial charge in [0, 0.05) is 12.2 Å². The maximum absolute atomic E-state index is 11.8. The summed E-state index contributed by atoms with van der Waals surface area (Å²) in [5, 5.41) is 0. The molecule has 0 fully saturated rings. The van der Waals surface area contributed by atoms with E-state index in [-0.39, 0.29) is 12.4 Å². The average Bonchev–Trinajstić information content (AvgIpc) is 2.38. The van der Waals surface area contributed by atoms with E-state index in [1.165, 1.54) is 0 Å². The molecule has 18 heavy (non-hydrogen) atoms. The van der Waals surface area contributed by atoms with Crippen LogP contribution < -0.4 is 4.74 Å². The molecule has 0 spiro atoms. The molecule has 3 nitrogen and oxygen atoms in total. The molecule has 0 aliphatic heterocycles. The van der Waals surface area contributed by atoms with Crippen molar-refractivity contribution in [2.45, 2.75) is 26.2 Å². The lowest BCUT2D eigenvalue weighted by molar-refractivity contribution is 0.0753. The van der Waals surface area contributed by atoms with Gasteiger partial charge >= 0.3 is 0 Å². The molecule has 0 atom stereocenters. The molecule has 0 aromatic heterocycles. The smallest absolute Gasteiger partial charge is 0.188 e. The second-order valence-corrected chi connectivity index (χ2v) is 4.89. The molecule has 4 heteroatoms. The fraction of sp³-hybridized carbons (Fsp3) is 0.500. The van der Waals surface area contributed by atoms with Gasteiger partial charge in [0.05, 0.1) is 11.6 Å². The fourth-order valence-electron chi connectivity index (χ4n) is 1.54. The Morgan fingerprint density at radius 2 is 2.11 bits per heavy atom. The van der Waals surface area contributed by atoms with Crippen LogP contribution in [0.2, 0.25) is 0 Å². The third-order valence-electron chi connectivity index (χ3n) is 2.60. The molecule has 0 aliphatic rings. The molecule has 0 saturated heterocycles. The average molecular weight is 315 g/mol. The highest BCUT2D eigenvalue weighted by molar-refractivity contribution is 9.10. The molecule has 1 aromatic rings. The van der Waals surface area contributed by atoms with Crippen molar-refractivity contribution in [2.24, 2.45) is 0 Å². The molecule has 0 saturated carbocycles. The van der Waals surface area contributed by atoms with Gasteiger partial charge in [-0.2, -0.15) is 0 Å². The quantitative estimate of drug-likeness (QED) is 0.540. The highest BCUT2D eigenvalue weighted by atomic mass is 79.9. The normalized spacial score (nSPS) is 10.4. The Balaban J connectivity index is 2.44. The number of halogens is 1. The largest absolute Gasteiger partial charge is 0.496 e. The van der Waals surface area contributed by atoms with Gasteiger partial charge in [-0.05, 0) is 40.5 Å². The first-order chi connectivity index (χ1) is 8.69. The predicted molar refractivity (Wildman–Crippen MR) is 75.4 cm³/mol. The Hall–Kier alpha value is -0.870. The van der Waals surface area contributed by atoms with E-state index in [4.69, 9.17) is 9.47 Å². The van der Waals surface area contributed by atoms with Crippen molar-refractivity contribution in [3.05, 3.63) is 28.2 Å². The number of carbonyl (C=O) groups is 1. The minimum atomic E-state index is -0.00477. The summed E-state index contributed by atoms with van der Waals surface area (Å²) < 4.78 is 11.2. The van der Waals surface area contributed by atoms with Gasteiger partial charge in [0.2, 0.25) is 0 Å². The van der Waals surface area contributed by atoms with Crippen LogP contribution >= 0.6 is 15.9 Å². The lowest BCUT2D eigenvalue weighted by atomic mass is 10.1. The molecule has 0 unspecified atom stereocenters. The minimum absolute atomic E-state index is 0.00477. The summed E-state index contributed by atoms with van der Waals surface area (Å²) in [5.74, 6) is 0.713. The third kappa shape index (κ3) is 4.78. The molecule has 0 bridgehead atoms. The molecular formula is C14H19BrO3. The van der Waals surface area contributed by atoms with Crippen LogP contribution in [-0.2, 0) is 4.74 Å². The van der Waals surface area contributed by atoms with Gasteiger partial charge in [-0.1, -0.05) is 19.8 Å². The van der Waals surface area contributed by atoms with E-state index in [1.54, 1.807) is 25.3 Å². The summed E-state index contributed by atoms with van der Waals surface area (Å²) in [6, 6.07) is 5.28. The summed E-state index contributed by atoms with van der Waals surface area (Å²) in [6.45, 7) is 2.93. The number of Topliss-reactive ketones (excluding diaryl/α,β-unsaturated/α-hetero) is 1. The maximum atomic E-state index is 11.8. The van der Waals surface area contributed by atoms with E-state index in [0.717, 1.165) is 29.5 Å². The number of ketones is 1. The zero-order valence-electron chi connectivity index (χ0n) is 10.9. The SMILES string of the molecule is CCCCCOCC(=O)c1ccc(OC)c(Br)c1. The number of hydrogen-bond acceptors (Lipinski definition) is 3. The summed E-state index contributed by atoms with van der Waals surface area (Å²) in [5.41, 5.74) is 0.637. The van der Waals surface area contributed by atoms with Crippen molar-refractivity contribution >= 4 is 21.7 Å². The summed E-state index contributed by atoms with van der Waals surface area (Å²) >= 11 is 3.36. The molecule has 0 radical (unpaired) electrons. The van der Waals surface area contributed by atoms with Crippen LogP contribution in [0.4, 0.5) is 0 Å². The van der Waals surface area contributed by atoms with Gasteiger partial charge in [0.15, 0.2) is 5.78 Å². The van der Waals surface area contributed by atoms with Crippen molar-refractivity contribution in [1.82, 2.24) is 0 Å². The maximum Gasteiger partial charge on any atom is 0.188 e. The molecule has 0 N–H and O–H groups in total. The van der Waals surface area contributed by atoms with Crippen molar-refractivity contribution in [2.75, 3.05) is 20.3 Å². The molecular weight excluding hydrogens is 296 g/mol. The van der Waals surface area contributed by atoms with E-state index < -0.39 is 0 Å². The van der Waals surface area contributed by atoms with Crippen LogP contribution in [0.1, 0.15) is 36.5 Å². The summed E-state index contributed by atoms with van der Waals surface area (Å²) in [4.78, 5) is 11.8. The lowest BCUT2D eigenvalue weighted by Crippen LogP contribution is -2.10. The van der Waals surface area contributed by atoms with Gasteiger partial charge in [0.1, 0.15) is 12.4 Å². The number of hydrogen-bond donors (Lipinski definition) is 0. The highest BCUT2D eigenvalue weighted by Crippen LogP contribution is 2.25. The van der Waals surface area contributed by atoms with Gasteiger partial charge in [-0.15, -0.1) is 0 Å². The Kier molecular flexibility index (Phi) is 6.98. The van der Waals surface area contributed by atoms with Crippen LogP contribution in [0.5, 0.6) is 5.75 Å². The molecule has 1 aromatic carbocycles. The van der Waals surface area contributed by atoms with Crippen molar-refractivity contribution in [3.63, 3.8) is 0 Å². The van der Waals surface area contributed by atoms with E-state index in [2.05, 4.69) is 22.9 Å². The van der Waals surface area contributed by atoms with Crippen LogP contribution in [0.3, 0.4) is 0 Å². The zero-order valence-corrected chi connectivity index (χ0v) is 12.5. The number of methoxy groups -OCH3 is 1. The van der Waals surface area contributed by atoms with E-state index >= 15 is 0 Å². The number of rotatable bonds is 8. The monoisotopic (exact) mass is 314 g/mol. The van der Waals surface area contributed by atoms with E-state index in [1.807, 2.05) is 0 Å². The van der Waals surface area contributed by atoms with Crippen molar-refractivity contribution in [1.29, 1.82) is 0 Å². The van der Waals surface area contributed by atoms with Crippen molar-refractivity contribution < 1.29 is 14.3 Å². The number of unbranched alkanes of at least 4 members (excludes halogenated alkanes) is 2. The first kappa shape index (κ1) is 15.2. The number of carbonyl (C=O) groups excluding carboxylic acids is 1. The lowest BCUT2D eigenvalue weighted by Gasteiger charge is -2.06. The Bertz CT molecular complexity index is 391. The Morgan fingerprint density at radius 3 is 2.72 bits per heavy atom. The van der Waals surface area contributed by atoms with Crippen molar-refractivity contribution in [3.8, 4) is 5.75 Å². The van der Waals surface area contributed by atoms with E-state index in [0.29, 0.717) is 12.2 Å². The Morgan fingerprint density at radius 1 is 1.33 bits per heavy atom. The molecule has 0 aliphatic carbocycles. The Labute approximate surface area is 117 Å². The third-order valence-corrected chi connectivity index (χ3v) is 3.22. The summed E-state index contributed by atoms with van der Waals surface area (Å²) in [7, 11) is 1.60. The van der Waals surface area contributed by atoms with Gasteiger partial charge < -0.3 is 9.47 Å². The topological polar surface area (TPSA) is 35.5 Å². The molecule has 0 heterocycles. The van der Waals surface area contributed by atoms with Crippen LogP contribution in [0.25, 0.3) is 0 Å². The highest BCUT2D eigenvalue weighted by Gasteiger charge is 2.08. The first-order valence-electron chi connectivity index (χ1n) is 6.13. The van der Waals surface area contributed by atoms with Crippen LogP contribution in [0, 0.1) is 0 Å². The minimum Gasteiger partial charge on any atom is -0.496 e. The van der Waals surface area contributed by atoms with Crippen LogP contribution in [-0.4, -0.2) is 26.1 Å². The molecule has 100 valence electrons. The fourth-order valence-corrected chi connectivity index (χ4v) is 2.08. The number of ether oxygens (including phenoxy) is 2. The van der Waals surface area contributed by atoms with Gasteiger partial charge in [-0.3, -0.25) is 4.79 Å². The second-order valence-electron chi connectivity index (χ2n) is 4.03. The van der Waals surface area contributed by atoms with E-state index in [9.17, 15) is 4.79 Å².